The quantitative estimate of drug-likeness (QED) is 0.379. The second kappa shape index (κ2) is 7.62. The van der Waals surface area contributed by atoms with E-state index in [9.17, 15) is 21.6 Å². The van der Waals surface area contributed by atoms with E-state index in [1.54, 1.807) is 13.1 Å². The molecule has 1 aromatic carbocycles. The van der Waals surface area contributed by atoms with Crippen molar-refractivity contribution in [2.45, 2.75) is 18.1 Å². The number of aromatic nitrogens is 6. The Morgan fingerprint density at radius 3 is 2.44 bits per heavy atom. The van der Waals surface area contributed by atoms with Gasteiger partial charge >= 0.3 is 6.18 Å². The molecule has 0 spiro atoms. The van der Waals surface area contributed by atoms with E-state index in [1.165, 1.54) is 22.2 Å². The predicted octanol–water partition coefficient (Wildman–Crippen LogP) is 4.16. The Hall–Kier alpha value is -3.80. The Kier molecular flexibility index (Phi) is 4.93. The summed E-state index contributed by atoms with van der Waals surface area (Å²) in [7, 11) is -2.30. The smallest absolute Gasteiger partial charge is 0.312 e. The minimum Gasteiger partial charge on any atom is -0.312 e. The summed E-state index contributed by atoms with van der Waals surface area (Å²) in [5.74, 6) is -0.133. The maximum Gasteiger partial charge on any atom is 0.417 e. The molecule has 0 saturated carbocycles. The normalized spacial score (nSPS) is 12.6. The Morgan fingerprint density at radius 2 is 1.76 bits per heavy atom. The van der Waals surface area contributed by atoms with Crippen LogP contribution in [0, 0.1) is 0 Å². The van der Waals surface area contributed by atoms with Crippen LogP contribution < -0.4 is 0 Å². The van der Waals surface area contributed by atoms with Gasteiger partial charge in [-0.05, 0) is 12.1 Å². The molecule has 0 atom stereocenters. The zero-order valence-corrected chi connectivity index (χ0v) is 18.8. The Bertz CT molecular complexity index is 1660. The second-order valence-corrected chi connectivity index (χ2v) is 9.77. The second-order valence-electron chi connectivity index (χ2n) is 7.57. The van der Waals surface area contributed by atoms with Gasteiger partial charge in [-0.3, -0.25) is 0 Å². The van der Waals surface area contributed by atoms with E-state index in [0.717, 1.165) is 17.8 Å². The van der Waals surface area contributed by atoms with Crippen molar-refractivity contribution < 1.29 is 21.6 Å². The van der Waals surface area contributed by atoms with E-state index < -0.39 is 21.6 Å². The number of sulfone groups is 1. The van der Waals surface area contributed by atoms with Gasteiger partial charge < -0.3 is 4.57 Å². The zero-order valence-electron chi connectivity index (χ0n) is 17.9. The third kappa shape index (κ3) is 3.41. The van der Waals surface area contributed by atoms with Gasteiger partial charge in [-0.1, -0.05) is 37.3 Å². The molecule has 174 valence electrons. The van der Waals surface area contributed by atoms with Crippen LogP contribution in [0.25, 0.3) is 39.5 Å². The Balaban J connectivity index is 1.85. The van der Waals surface area contributed by atoms with E-state index in [0.29, 0.717) is 5.69 Å². The molecule has 0 N–H and O–H groups in total. The van der Waals surface area contributed by atoms with Crippen LogP contribution in [0.5, 0.6) is 0 Å². The van der Waals surface area contributed by atoms with E-state index in [1.807, 2.05) is 30.3 Å². The summed E-state index contributed by atoms with van der Waals surface area (Å²) in [6, 6.07) is 11.8. The number of imidazole rings is 1. The molecular formula is C22H17F3N6O2S. The summed E-state index contributed by atoms with van der Waals surface area (Å²) < 4.78 is 68.5. The lowest BCUT2D eigenvalue weighted by molar-refractivity contribution is -0.137. The predicted molar refractivity (Wildman–Crippen MR) is 119 cm³/mol. The van der Waals surface area contributed by atoms with Crippen molar-refractivity contribution in [3.63, 3.8) is 0 Å². The van der Waals surface area contributed by atoms with Gasteiger partial charge in [0, 0.05) is 25.0 Å². The number of aryl methyl sites for hydroxylation is 1. The lowest BCUT2D eigenvalue weighted by Gasteiger charge is -2.05. The van der Waals surface area contributed by atoms with Gasteiger partial charge in [-0.25, -0.2) is 27.9 Å². The van der Waals surface area contributed by atoms with Crippen molar-refractivity contribution in [2.24, 2.45) is 7.05 Å². The highest BCUT2D eigenvalue weighted by Gasteiger charge is 2.33. The lowest BCUT2D eigenvalue weighted by atomic mass is 10.1. The third-order valence-electron chi connectivity index (χ3n) is 5.49. The first-order valence-electron chi connectivity index (χ1n) is 10.2. The molecule has 4 heterocycles. The van der Waals surface area contributed by atoms with Crippen molar-refractivity contribution in [3.8, 4) is 22.6 Å². The first-order valence-corrected chi connectivity index (χ1v) is 11.8. The molecule has 0 bridgehead atoms. The monoisotopic (exact) mass is 486 g/mol. The van der Waals surface area contributed by atoms with Crippen LogP contribution in [-0.4, -0.2) is 43.3 Å². The van der Waals surface area contributed by atoms with Crippen LogP contribution in [0.15, 0.2) is 59.9 Å². The van der Waals surface area contributed by atoms with Gasteiger partial charge in [-0.2, -0.15) is 18.3 Å². The van der Waals surface area contributed by atoms with Crippen LogP contribution >= 0.6 is 0 Å². The van der Waals surface area contributed by atoms with Gasteiger partial charge in [0.05, 0.1) is 17.0 Å². The van der Waals surface area contributed by atoms with E-state index in [-0.39, 0.29) is 39.0 Å². The van der Waals surface area contributed by atoms with Crippen LogP contribution in [0.2, 0.25) is 0 Å². The fraction of sp³-hybridized carbons (Fsp3) is 0.182. The van der Waals surface area contributed by atoms with Crippen LogP contribution in [0.1, 0.15) is 12.5 Å². The van der Waals surface area contributed by atoms with Crippen molar-refractivity contribution >= 4 is 26.6 Å². The van der Waals surface area contributed by atoms with E-state index in [2.05, 4.69) is 20.1 Å². The summed E-state index contributed by atoms with van der Waals surface area (Å²) in [5.41, 5.74) is 0.894. The molecule has 5 rings (SSSR count). The molecule has 0 fully saturated rings. The molecule has 0 aliphatic rings. The standard InChI is InChI=1S/C22H17F3N6O2S/c1-3-34(32,33)21-17(19-26-10-9-16(31(19)29-21)13-7-5-4-6-8-13)20-28-15-11-14(22(23,24)25)12-27-18(15)30(20)2/h4-12H,3H2,1-2H3. The molecule has 0 unspecified atom stereocenters. The zero-order chi connectivity index (χ0) is 24.3. The number of alkyl halides is 3. The molecule has 34 heavy (non-hydrogen) atoms. The molecule has 4 aromatic heterocycles. The number of nitrogens with zero attached hydrogens (tertiary/aromatic N) is 6. The number of hydrogen-bond donors (Lipinski definition) is 0. The van der Waals surface area contributed by atoms with E-state index in [4.69, 9.17) is 0 Å². The highest BCUT2D eigenvalue weighted by molar-refractivity contribution is 7.91. The number of pyridine rings is 1. The highest BCUT2D eigenvalue weighted by Crippen LogP contribution is 2.35. The summed E-state index contributed by atoms with van der Waals surface area (Å²) in [6.45, 7) is 1.49. The summed E-state index contributed by atoms with van der Waals surface area (Å²) in [5, 5.41) is 4.14. The molecular weight excluding hydrogens is 469 g/mol. The van der Waals surface area contributed by atoms with Crippen LogP contribution in [-0.2, 0) is 23.1 Å². The number of rotatable bonds is 4. The first kappa shape index (κ1) is 22.0. The fourth-order valence-electron chi connectivity index (χ4n) is 3.76. The van der Waals surface area contributed by atoms with Crippen molar-refractivity contribution in [2.75, 3.05) is 5.75 Å². The number of hydrogen-bond acceptors (Lipinski definition) is 6. The molecule has 5 aromatic rings. The minimum absolute atomic E-state index is 0.0225. The molecule has 0 aliphatic carbocycles. The van der Waals surface area contributed by atoms with Crippen molar-refractivity contribution in [1.82, 2.24) is 29.1 Å². The van der Waals surface area contributed by atoms with E-state index >= 15 is 0 Å². The summed E-state index contributed by atoms with van der Waals surface area (Å²) in [4.78, 5) is 12.6. The van der Waals surface area contributed by atoms with Gasteiger partial charge in [-0.15, -0.1) is 0 Å². The molecule has 8 nitrogen and oxygen atoms in total. The summed E-state index contributed by atoms with van der Waals surface area (Å²) >= 11 is 0. The van der Waals surface area contributed by atoms with Gasteiger partial charge in [0.2, 0.25) is 0 Å². The maximum absolute atomic E-state index is 13.2. The minimum atomic E-state index is -4.59. The van der Waals surface area contributed by atoms with Gasteiger partial charge in [0.15, 0.2) is 26.2 Å². The molecule has 12 heteroatoms. The van der Waals surface area contributed by atoms with Crippen molar-refractivity contribution in [1.29, 1.82) is 0 Å². The number of benzene rings is 1. The van der Waals surface area contributed by atoms with Crippen LogP contribution in [0.4, 0.5) is 13.2 Å². The van der Waals surface area contributed by atoms with Crippen LogP contribution in [0.3, 0.4) is 0 Å². The number of fused-ring (bicyclic) bond motifs is 2. The molecule has 0 saturated heterocycles. The number of halogens is 3. The first-order chi connectivity index (χ1) is 16.1. The maximum atomic E-state index is 13.2. The highest BCUT2D eigenvalue weighted by atomic mass is 32.2. The molecule has 0 aliphatic heterocycles. The Morgan fingerprint density at radius 1 is 1.03 bits per heavy atom. The average Bonchev–Trinajstić information content (AvgIpc) is 3.37. The van der Waals surface area contributed by atoms with Crippen molar-refractivity contribution in [3.05, 3.63) is 60.4 Å². The Labute approximate surface area is 191 Å². The van der Waals surface area contributed by atoms with Gasteiger partial charge in [0.1, 0.15) is 16.9 Å². The average molecular weight is 486 g/mol. The molecule has 0 radical (unpaired) electrons. The largest absolute Gasteiger partial charge is 0.417 e. The topological polar surface area (TPSA) is 95.0 Å². The molecule has 0 amide bonds. The lowest BCUT2D eigenvalue weighted by Crippen LogP contribution is -2.07. The SMILES string of the molecule is CCS(=O)(=O)c1nn2c(-c3ccccc3)ccnc2c1-c1nc2cc(C(F)(F)F)cnc2n1C. The third-order valence-corrected chi connectivity index (χ3v) is 7.13. The summed E-state index contributed by atoms with van der Waals surface area (Å²) in [6.07, 6.45) is -2.35. The fourth-order valence-corrected chi connectivity index (χ4v) is 4.73. The van der Waals surface area contributed by atoms with Gasteiger partial charge in [0.25, 0.3) is 0 Å².